The largest absolute Gasteiger partial charge is 0.491 e. The molecule has 0 saturated heterocycles. The first-order chi connectivity index (χ1) is 11.0. The lowest BCUT2D eigenvalue weighted by Gasteiger charge is -2.18. The Morgan fingerprint density at radius 1 is 1.22 bits per heavy atom. The van der Waals surface area contributed by atoms with E-state index in [0.29, 0.717) is 24.1 Å². The van der Waals surface area contributed by atoms with E-state index in [4.69, 9.17) is 4.74 Å². The van der Waals surface area contributed by atoms with Crippen LogP contribution in [0.5, 0.6) is 5.75 Å². The molecule has 1 unspecified atom stereocenters. The standard InChI is InChI=1S/C17H23FN4O/c1-5-14(10-23-15-8-6-7-13(18)9-15)21-17-20-12(4)19-16(22-17)11(2)3/h6-9,11,14H,5,10H2,1-4H3,(H,19,20,21,22). The summed E-state index contributed by atoms with van der Waals surface area (Å²) in [4.78, 5) is 13.1. The molecule has 6 heteroatoms. The molecular formula is C17H23FN4O. The summed E-state index contributed by atoms with van der Waals surface area (Å²) in [6.07, 6.45) is 0.830. The van der Waals surface area contributed by atoms with Gasteiger partial charge in [0, 0.05) is 12.0 Å². The van der Waals surface area contributed by atoms with Crippen LogP contribution in [0.1, 0.15) is 44.8 Å². The molecule has 1 atom stereocenters. The lowest BCUT2D eigenvalue weighted by Crippen LogP contribution is -2.28. The molecule has 1 heterocycles. The molecule has 0 aliphatic rings. The van der Waals surface area contributed by atoms with Gasteiger partial charge in [-0.15, -0.1) is 0 Å². The van der Waals surface area contributed by atoms with Crippen LogP contribution in [0.15, 0.2) is 24.3 Å². The predicted octanol–water partition coefficient (Wildman–Crippen LogP) is 3.71. The molecule has 23 heavy (non-hydrogen) atoms. The molecule has 0 saturated carbocycles. The van der Waals surface area contributed by atoms with Crippen molar-refractivity contribution in [3.05, 3.63) is 41.7 Å². The molecule has 2 aromatic rings. The fraction of sp³-hybridized carbons (Fsp3) is 0.471. The summed E-state index contributed by atoms with van der Waals surface area (Å²) < 4.78 is 18.8. The summed E-state index contributed by atoms with van der Waals surface area (Å²) in [5, 5.41) is 3.27. The number of benzene rings is 1. The van der Waals surface area contributed by atoms with Gasteiger partial charge in [-0.3, -0.25) is 0 Å². The first-order valence-electron chi connectivity index (χ1n) is 7.85. The number of aromatic nitrogens is 3. The Labute approximate surface area is 136 Å². The predicted molar refractivity (Wildman–Crippen MR) is 88.2 cm³/mol. The maximum Gasteiger partial charge on any atom is 0.226 e. The Morgan fingerprint density at radius 3 is 2.65 bits per heavy atom. The smallest absolute Gasteiger partial charge is 0.226 e. The van der Waals surface area contributed by atoms with Crippen LogP contribution in [0.2, 0.25) is 0 Å². The molecule has 0 amide bonds. The summed E-state index contributed by atoms with van der Waals surface area (Å²) >= 11 is 0. The monoisotopic (exact) mass is 318 g/mol. The zero-order valence-corrected chi connectivity index (χ0v) is 14.0. The Hall–Kier alpha value is -2.24. The van der Waals surface area contributed by atoms with Crippen LogP contribution < -0.4 is 10.1 Å². The Kier molecular flexibility index (Phi) is 5.84. The average Bonchev–Trinajstić information content (AvgIpc) is 2.51. The third-order valence-electron chi connectivity index (χ3n) is 3.35. The van der Waals surface area contributed by atoms with Gasteiger partial charge in [-0.2, -0.15) is 9.97 Å². The van der Waals surface area contributed by atoms with Crippen LogP contribution in [0.25, 0.3) is 0 Å². The third-order valence-corrected chi connectivity index (χ3v) is 3.35. The summed E-state index contributed by atoms with van der Waals surface area (Å²) in [5.41, 5.74) is 0. The van der Waals surface area contributed by atoms with Crippen molar-refractivity contribution in [1.29, 1.82) is 0 Å². The van der Waals surface area contributed by atoms with Crippen LogP contribution >= 0.6 is 0 Å². The number of halogens is 1. The zero-order chi connectivity index (χ0) is 16.8. The average molecular weight is 318 g/mol. The first-order valence-corrected chi connectivity index (χ1v) is 7.85. The van der Waals surface area contributed by atoms with E-state index < -0.39 is 0 Å². The minimum absolute atomic E-state index is 0.0279. The highest BCUT2D eigenvalue weighted by molar-refractivity contribution is 5.27. The van der Waals surface area contributed by atoms with Gasteiger partial charge < -0.3 is 10.1 Å². The molecule has 1 aromatic carbocycles. The summed E-state index contributed by atoms with van der Waals surface area (Å²) in [6, 6.07) is 6.16. The Morgan fingerprint density at radius 2 is 2.00 bits per heavy atom. The van der Waals surface area contributed by atoms with E-state index in [-0.39, 0.29) is 17.8 Å². The molecule has 0 aliphatic carbocycles. The molecule has 1 aromatic heterocycles. The second kappa shape index (κ2) is 7.85. The zero-order valence-electron chi connectivity index (χ0n) is 14.0. The maximum atomic E-state index is 13.2. The van der Waals surface area contributed by atoms with Gasteiger partial charge in [0.15, 0.2) is 0 Å². The minimum Gasteiger partial charge on any atom is -0.491 e. The van der Waals surface area contributed by atoms with Crippen molar-refractivity contribution in [3.63, 3.8) is 0 Å². The van der Waals surface area contributed by atoms with E-state index in [9.17, 15) is 4.39 Å². The van der Waals surface area contributed by atoms with Crippen LogP contribution in [0.4, 0.5) is 10.3 Å². The van der Waals surface area contributed by atoms with Gasteiger partial charge in [0.05, 0.1) is 6.04 Å². The second-order valence-electron chi connectivity index (χ2n) is 5.74. The number of aryl methyl sites for hydroxylation is 1. The number of nitrogens with one attached hydrogen (secondary N) is 1. The highest BCUT2D eigenvalue weighted by Crippen LogP contribution is 2.15. The highest BCUT2D eigenvalue weighted by atomic mass is 19.1. The molecule has 0 fully saturated rings. The fourth-order valence-corrected chi connectivity index (χ4v) is 2.02. The molecule has 5 nitrogen and oxygen atoms in total. The molecule has 0 spiro atoms. The van der Waals surface area contributed by atoms with Gasteiger partial charge in [0.25, 0.3) is 0 Å². The van der Waals surface area contributed by atoms with E-state index >= 15 is 0 Å². The van der Waals surface area contributed by atoms with Crippen molar-refractivity contribution < 1.29 is 9.13 Å². The van der Waals surface area contributed by atoms with Crippen LogP contribution in [0, 0.1) is 12.7 Å². The lowest BCUT2D eigenvalue weighted by molar-refractivity contribution is 0.292. The molecule has 0 radical (unpaired) electrons. The highest BCUT2D eigenvalue weighted by Gasteiger charge is 2.12. The number of nitrogens with zero attached hydrogens (tertiary/aromatic N) is 3. The van der Waals surface area contributed by atoms with Gasteiger partial charge in [-0.25, -0.2) is 9.37 Å². The van der Waals surface area contributed by atoms with E-state index in [1.807, 2.05) is 27.7 Å². The van der Waals surface area contributed by atoms with Crippen LogP contribution in [-0.2, 0) is 0 Å². The fourth-order valence-electron chi connectivity index (χ4n) is 2.02. The summed E-state index contributed by atoms with van der Waals surface area (Å²) in [5.74, 6) is 2.45. The topological polar surface area (TPSA) is 59.9 Å². The molecule has 124 valence electrons. The molecular weight excluding hydrogens is 295 g/mol. The van der Waals surface area contributed by atoms with Crippen molar-refractivity contribution in [2.24, 2.45) is 0 Å². The van der Waals surface area contributed by atoms with Crippen molar-refractivity contribution >= 4 is 5.95 Å². The van der Waals surface area contributed by atoms with Gasteiger partial charge in [-0.1, -0.05) is 26.8 Å². The van der Waals surface area contributed by atoms with Crippen molar-refractivity contribution in [1.82, 2.24) is 15.0 Å². The number of ether oxygens (including phenoxy) is 1. The Bertz CT molecular complexity index is 648. The van der Waals surface area contributed by atoms with Gasteiger partial charge >= 0.3 is 0 Å². The van der Waals surface area contributed by atoms with Crippen LogP contribution in [-0.4, -0.2) is 27.6 Å². The normalized spacial score (nSPS) is 12.3. The first kappa shape index (κ1) is 17.1. The van der Waals surface area contributed by atoms with Crippen molar-refractivity contribution in [2.75, 3.05) is 11.9 Å². The Balaban J connectivity index is 2.02. The molecule has 1 N–H and O–H groups in total. The summed E-state index contributed by atoms with van der Waals surface area (Å²) in [6.45, 7) is 8.39. The molecule has 0 aliphatic heterocycles. The van der Waals surface area contributed by atoms with E-state index in [0.717, 1.165) is 12.2 Å². The van der Waals surface area contributed by atoms with E-state index in [1.165, 1.54) is 12.1 Å². The second-order valence-corrected chi connectivity index (χ2v) is 5.74. The van der Waals surface area contributed by atoms with E-state index in [1.54, 1.807) is 12.1 Å². The number of anilines is 1. The van der Waals surface area contributed by atoms with Gasteiger partial charge in [0.2, 0.25) is 5.95 Å². The number of hydrogen-bond acceptors (Lipinski definition) is 5. The number of rotatable bonds is 7. The molecule has 2 rings (SSSR count). The van der Waals surface area contributed by atoms with Crippen molar-refractivity contribution in [3.8, 4) is 5.75 Å². The van der Waals surface area contributed by atoms with Crippen LogP contribution in [0.3, 0.4) is 0 Å². The quantitative estimate of drug-likeness (QED) is 0.843. The molecule has 0 bridgehead atoms. The van der Waals surface area contributed by atoms with E-state index in [2.05, 4.69) is 20.3 Å². The SMILES string of the molecule is CCC(COc1cccc(F)c1)Nc1nc(C)nc(C(C)C)n1. The third kappa shape index (κ3) is 5.16. The van der Waals surface area contributed by atoms with Crippen molar-refractivity contribution in [2.45, 2.75) is 46.1 Å². The lowest BCUT2D eigenvalue weighted by atomic mass is 10.2. The maximum absolute atomic E-state index is 13.2. The minimum atomic E-state index is -0.307. The van der Waals surface area contributed by atoms with Gasteiger partial charge in [0.1, 0.15) is 29.8 Å². The summed E-state index contributed by atoms with van der Waals surface area (Å²) in [7, 11) is 0. The van der Waals surface area contributed by atoms with Gasteiger partial charge in [-0.05, 0) is 25.5 Å². The number of hydrogen-bond donors (Lipinski definition) is 1.